The predicted octanol–water partition coefficient (Wildman–Crippen LogP) is 1.85. The minimum Gasteiger partial charge on any atom is -0.467 e. The van der Waals surface area contributed by atoms with Gasteiger partial charge >= 0.3 is 5.97 Å². The molecule has 1 atom stereocenters. The minimum atomic E-state index is -0.645. The molecule has 1 aliphatic heterocycles. The molecule has 3 aromatic rings. The number of piperazine rings is 1. The maximum Gasteiger partial charge on any atom is 0.329 e. The van der Waals surface area contributed by atoms with Crippen molar-refractivity contribution in [2.45, 2.75) is 6.04 Å². The standard InChI is InChI=1S/C19H19N5O3.2ClH/c1-27-19(26)16-11-20-7-8-23(16)18(25)13-9-15-17(21-10-13)24(12-22-15)14-5-3-2-4-6-14;;/h2-6,9-10,12,16,20H,7-8,11H2,1H3;2*1H. The van der Waals surface area contributed by atoms with Crippen molar-refractivity contribution < 1.29 is 14.3 Å². The summed E-state index contributed by atoms with van der Waals surface area (Å²) in [6.07, 6.45) is 3.21. The number of rotatable bonds is 3. The molecule has 0 spiro atoms. The van der Waals surface area contributed by atoms with E-state index in [-0.39, 0.29) is 30.7 Å². The highest BCUT2D eigenvalue weighted by Gasteiger charge is 2.33. The molecule has 8 nitrogen and oxygen atoms in total. The number of hydrogen-bond acceptors (Lipinski definition) is 6. The Morgan fingerprint density at radius 1 is 1.17 bits per heavy atom. The van der Waals surface area contributed by atoms with Gasteiger partial charge in [0.1, 0.15) is 17.9 Å². The van der Waals surface area contributed by atoms with E-state index < -0.39 is 12.0 Å². The average Bonchev–Trinajstić information content (AvgIpc) is 3.16. The van der Waals surface area contributed by atoms with Crippen molar-refractivity contribution in [2.75, 3.05) is 26.7 Å². The maximum atomic E-state index is 13.0. The molecule has 0 bridgehead atoms. The summed E-state index contributed by atoms with van der Waals surface area (Å²) in [6.45, 7) is 1.42. The van der Waals surface area contributed by atoms with Crippen LogP contribution < -0.4 is 5.32 Å². The lowest BCUT2D eigenvalue weighted by atomic mass is 10.1. The van der Waals surface area contributed by atoms with Gasteiger partial charge in [0, 0.05) is 31.5 Å². The van der Waals surface area contributed by atoms with E-state index in [9.17, 15) is 9.59 Å². The Morgan fingerprint density at radius 2 is 1.93 bits per heavy atom. The fourth-order valence-electron chi connectivity index (χ4n) is 3.26. The molecule has 154 valence electrons. The average molecular weight is 438 g/mol. The largest absolute Gasteiger partial charge is 0.467 e. The van der Waals surface area contributed by atoms with Gasteiger partial charge < -0.3 is 15.0 Å². The van der Waals surface area contributed by atoms with Crippen molar-refractivity contribution in [2.24, 2.45) is 0 Å². The number of para-hydroxylation sites is 1. The van der Waals surface area contributed by atoms with Crippen molar-refractivity contribution >= 4 is 47.9 Å². The number of methoxy groups -OCH3 is 1. The lowest BCUT2D eigenvalue weighted by Gasteiger charge is -2.34. The highest BCUT2D eigenvalue weighted by molar-refractivity contribution is 5.98. The Bertz CT molecular complexity index is 996. The van der Waals surface area contributed by atoms with Crippen LogP contribution in [0.4, 0.5) is 0 Å². The number of halogens is 2. The fourth-order valence-corrected chi connectivity index (χ4v) is 3.26. The summed E-state index contributed by atoms with van der Waals surface area (Å²) in [5.74, 6) is -0.687. The van der Waals surface area contributed by atoms with E-state index >= 15 is 0 Å². The molecule has 1 unspecified atom stereocenters. The van der Waals surface area contributed by atoms with Gasteiger partial charge in [0.15, 0.2) is 5.65 Å². The molecule has 0 saturated carbocycles. The summed E-state index contributed by atoms with van der Waals surface area (Å²) in [5, 5.41) is 3.11. The van der Waals surface area contributed by atoms with Crippen LogP contribution in [0.15, 0.2) is 48.9 Å². The second-order valence-corrected chi connectivity index (χ2v) is 6.26. The zero-order valence-electron chi connectivity index (χ0n) is 15.6. The first-order valence-electron chi connectivity index (χ1n) is 8.67. The van der Waals surface area contributed by atoms with Gasteiger partial charge in [0.05, 0.1) is 12.7 Å². The van der Waals surface area contributed by atoms with Crippen LogP contribution in [0, 0.1) is 0 Å². The third-order valence-electron chi connectivity index (χ3n) is 4.65. The zero-order chi connectivity index (χ0) is 18.8. The van der Waals surface area contributed by atoms with Gasteiger partial charge in [-0.05, 0) is 18.2 Å². The van der Waals surface area contributed by atoms with Gasteiger partial charge in [-0.2, -0.15) is 0 Å². The van der Waals surface area contributed by atoms with Crippen LogP contribution in [0.1, 0.15) is 10.4 Å². The summed E-state index contributed by atoms with van der Waals surface area (Å²) in [4.78, 5) is 35.3. The number of benzene rings is 1. The van der Waals surface area contributed by atoms with E-state index in [0.717, 1.165) is 5.69 Å². The number of nitrogens with zero attached hydrogens (tertiary/aromatic N) is 4. The maximum absolute atomic E-state index is 13.0. The smallest absolute Gasteiger partial charge is 0.329 e. The van der Waals surface area contributed by atoms with E-state index in [4.69, 9.17) is 4.74 Å². The summed E-state index contributed by atoms with van der Waals surface area (Å²) in [5.41, 5.74) is 2.63. The fraction of sp³-hybridized carbons (Fsp3) is 0.263. The first kappa shape index (κ1) is 22.6. The van der Waals surface area contributed by atoms with Gasteiger partial charge in [-0.1, -0.05) is 18.2 Å². The van der Waals surface area contributed by atoms with Crippen molar-refractivity contribution in [3.63, 3.8) is 0 Å². The molecule has 0 radical (unpaired) electrons. The molecule has 2 aromatic heterocycles. The number of esters is 1. The van der Waals surface area contributed by atoms with Crippen LogP contribution in [0.2, 0.25) is 0 Å². The van der Waals surface area contributed by atoms with Gasteiger partial charge in [-0.15, -0.1) is 24.8 Å². The molecule has 10 heteroatoms. The van der Waals surface area contributed by atoms with Crippen molar-refractivity contribution in [3.05, 3.63) is 54.5 Å². The van der Waals surface area contributed by atoms with Gasteiger partial charge in [-0.25, -0.2) is 14.8 Å². The number of aromatic nitrogens is 3. The van der Waals surface area contributed by atoms with Gasteiger partial charge in [-0.3, -0.25) is 9.36 Å². The number of pyridine rings is 1. The highest BCUT2D eigenvalue weighted by Crippen LogP contribution is 2.19. The van der Waals surface area contributed by atoms with E-state index in [1.54, 1.807) is 12.4 Å². The third-order valence-corrected chi connectivity index (χ3v) is 4.65. The molecule has 1 fully saturated rings. The molecular formula is C19H21Cl2N5O3. The molecule has 1 N–H and O–H groups in total. The van der Waals surface area contributed by atoms with Crippen LogP contribution in [-0.4, -0.2) is 64.1 Å². The molecule has 29 heavy (non-hydrogen) atoms. The number of carbonyl (C=O) groups excluding carboxylic acids is 2. The second kappa shape index (κ2) is 9.69. The molecule has 1 saturated heterocycles. The first-order valence-corrected chi connectivity index (χ1v) is 8.67. The molecule has 1 amide bonds. The zero-order valence-corrected chi connectivity index (χ0v) is 17.3. The van der Waals surface area contributed by atoms with Gasteiger partial charge in [0.25, 0.3) is 5.91 Å². The minimum absolute atomic E-state index is 0. The molecule has 1 aromatic carbocycles. The van der Waals surface area contributed by atoms with Crippen molar-refractivity contribution in [1.29, 1.82) is 0 Å². The Hall–Kier alpha value is -2.68. The summed E-state index contributed by atoms with van der Waals surface area (Å²) in [7, 11) is 1.32. The van der Waals surface area contributed by atoms with E-state index in [1.807, 2.05) is 34.9 Å². The van der Waals surface area contributed by atoms with Crippen LogP contribution in [-0.2, 0) is 9.53 Å². The van der Waals surface area contributed by atoms with Crippen molar-refractivity contribution in [3.8, 4) is 5.69 Å². The number of ether oxygens (including phenoxy) is 1. The molecule has 3 heterocycles. The summed E-state index contributed by atoms with van der Waals surface area (Å²) >= 11 is 0. The molecule has 4 rings (SSSR count). The molecule has 0 aliphatic carbocycles. The molecular weight excluding hydrogens is 417 g/mol. The van der Waals surface area contributed by atoms with Crippen LogP contribution in [0.5, 0.6) is 0 Å². The van der Waals surface area contributed by atoms with E-state index in [0.29, 0.717) is 36.4 Å². The summed E-state index contributed by atoms with van der Waals surface area (Å²) in [6, 6.07) is 10.8. The highest BCUT2D eigenvalue weighted by atomic mass is 35.5. The Labute approximate surface area is 180 Å². The first-order chi connectivity index (χ1) is 13.2. The predicted molar refractivity (Wildman–Crippen MR) is 113 cm³/mol. The third kappa shape index (κ3) is 4.34. The summed E-state index contributed by atoms with van der Waals surface area (Å²) < 4.78 is 6.69. The lowest BCUT2D eigenvalue weighted by molar-refractivity contribution is -0.146. The van der Waals surface area contributed by atoms with Crippen molar-refractivity contribution in [1.82, 2.24) is 24.8 Å². The quantitative estimate of drug-likeness (QED) is 0.628. The Morgan fingerprint density at radius 3 is 2.66 bits per heavy atom. The van der Waals surface area contributed by atoms with Crippen LogP contribution in [0.25, 0.3) is 16.9 Å². The van der Waals surface area contributed by atoms with E-state index in [1.165, 1.54) is 18.2 Å². The second-order valence-electron chi connectivity index (χ2n) is 6.26. The number of imidazole rings is 1. The number of fused-ring (bicyclic) bond motifs is 1. The molecule has 1 aliphatic rings. The van der Waals surface area contributed by atoms with Crippen LogP contribution in [0.3, 0.4) is 0 Å². The SMILES string of the molecule is COC(=O)C1CNCCN1C(=O)c1cnc2c(c1)ncn2-c1ccccc1.Cl.Cl. The normalized spacial score (nSPS) is 15.9. The number of hydrogen-bond donors (Lipinski definition) is 1. The number of carbonyl (C=O) groups is 2. The topological polar surface area (TPSA) is 89.3 Å². The Balaban J connectivity index is 0.00000150. The number of nitrogens with one attached hydrogen (secondary N) is 1. The van der Waals surface area contributed by atoms with E-state index in [2.05, 4.69) is 15.3 Å². The Kier molecular flexibility index (Phi) is 7.55. The number of amides is 1. The van der Waals surface area contributed by atoms with Gasteiger partial charge in [0.2, 0.25) is 0 Å². The lowest BCUT2D eigenvalue weighted by Crippen LogP contribution is -2.57. The monoisotopic (exact) mass is 437 g/mol. The van der Waals surface area contributed by atoms with Crippen LogP contribution >= 0.6 is 24.8 Å².